The van der Waals surface area contributed by atoms with Gasteiger partial charge in [0.05, 0.1) is 0 Å². The zero-order valence-electron chi connectivity index (χ0n) is 12.5. The van der Waals surface area contributed by atoms with Crippen molar-refractivity contribution in [1.82, 2.24) is 10.2 Å². The smallest absolute Gasteiger partial charge is 0.336 e. The van der Waals surface area contributed by atoms with E-state index in [0.717, 1.165) is 23.8 Å². The average Bonchev–Trinajstić information content (AvgIpc) is 2.90. The van der Waals surface area contributed by atoms with E-state index in [2.05, 4.69) is 17.1 Å². The molecule has 0 N–H and O–H groups in total. The molecule has 0 amide bonds. The summed E-state index contributed by atoms with van der Waals surface area (Å²) in [5, 5.41) is 8.53. The van der Waals surface area contributed by atoms with Gasteiger partial charge in [0, 0.05) is 24.4 Å². The molecule has 0 aliphatic carbocycles. The van der Waals surface area contributed by atoms with Crippen molar-refractivity contribution in [3.05, 3.63) is 52.0 Å². The van der Waals surface area contributed by atoms with Gasteiger partial charge < -0.3 is 13.6 Å². The molecule has 0 bridgehead atoms. The van der Waals surface area contributed by atoms with Crippen molar-refractivity contribution in [2.45, 2.75) is 33.3 Å². The van der Waals surface area contributed by atoms with Crippen molar-refractivity contribution < 1.29 is 13.6 Å². The first-order valence-corrected chi connectivity index (χ1v) is 7.14. The van der Waals surface area contributed by atoms with Crippen molar-refractivity contribution in [2.75, 3.05) is 0 Å². The van der Waals surface area contributed by atoms with Crippen LogP contribution in [0.5, 0.6) is 5.75 Å². The van der Waals surface area contributed by atoms with Crippen LogP contribution in [0.2, 0.25) is 0 Å². The number of hydrogen-bond acceptors (Lipinski definition) is 6. The largest absolute Gasteiger partial charge is 0.484 e. The average molecular weight is 300 g/mol. The third-order valence-corrected chi connectivity index (χ3v) is 3.25. The van der Waals surface area contributed by atoms with Gasteiger partial charge in [0.2, 0.25) is 5.89 Å². The first kappa shape index (κ1) is 14.3. The topological polar surface area (TPSA) is 78.4 Å². The lowest BCUT2D eigenvalue weighted by Crippen LogP contribution is -2.01. The summed E-state index contributed by atoms with van der Waals surface area (Å²) in [6.07, 6.45) is 1.80. The van der Waals surface area contributed by atoms with Crippen LogP contribution in [-0.4, -0.2) is 10.2 Å². The van der Waals surface area contributed by atoms with E-state index in [-0.39, 0.29) is 12.2 Å². The van der Waals surface area contributed by atoms with Crippen LogP contribution in [0.25, 0.3) is 11.0 Å². The Labute approximate surface area is 126 Å². The van der Waals surface area contributed by atoms with Gasteiger partial charge in [0.1, 0.15) is 11.3 Å². The van der Waals surface area contributed by atoms with Crippen molar-refractivity contribution in [1.29, 1.82) is 0 Å². The summed E-state index contributed by atoms with van der Waals surface area (Å²) in [5.74, 6) is 1.48. The van der Waals surface area contributed by atoms with Gasteiger partial charge in [-0.05, 0) is 24.1 Å². The molecule has 0 spiro atoms. The standard InChI is InChI=1S/C16H16N2O4/c1-3-4-11-7-16(19)22-14-8-12(5-6-13(11)14)20-9-15-18-17-10(2)21-15/h5-8H,3-4,9H2,1-2H3. The van der Waals surface area contributed by atoms with Crippen LogP contribution in [-0.2, 0) is 13.0 Å². The summed E-state index contributed by atoms with van der Waals surface area (Å²) < 4.78 is 16.1. The highest BCUT2D eigenvalue weighted by Gasteiger charge is 2.08. The Morgan fingerprint density at radius 3 is 2.77 bits per heavy atom. The summed E-state index contributed by atoms with van der Waals surface area (Å²) in [7, 11) is 0. The van der Waals surface area contributed by atoms with Crippen LogP contribution in [0.4, 0.5) is 0 Å². The highest BCUT2D eigenvalue weighted by Crippen LogP contribution is 2.24. The molecule has 0 unspecified atom stereocenters. The van der Waals surface area contributed by atoms with Crippen LogP contribution in [0.1, 0.15) is 30.7 Å². The molecule has 0 radical (unpaired) electrons. The Morgan fingerprint density at radius 2 is 2.05 bits per heavy atom. The Balaban J connectivity index is 1.87. The minimum absolute atomic E-state index is 0.172. The maximum absolute atomic E-state index is 11.6. The number of aromatic nitrogens is 2. The molecule has 0 aliphatic rings. The van der Waals surface area contributed by atoms with E-state index in [0.29, 0.717) is 23.1 Å². The van der Waals surface area contributed by atoms with Crippen LogP contribution in [0.15, 0.2) is 37.9 Å². The van der Waals surface area contributed by atoms with Crippen molar-refractivity contribution >= 4 is 11.0 Å². The van der Waals surface area contributed by atoms with Gasteiger partial charge >= 0.3 is 5.63 Å². The molecule has 3 aromatic rings. The first-order chi connectivity index (χ1) is 10.7. The minimum Gasteiger partial charge on any atom is -0.484 e. The molecule has 2 heterocycles. The molecule has 0 aliphatic heterocycles. The summed E-state index contributed by atoms with van der Waals surface area (Å²) in [4.78, 5) is 11.6. The van der Waals surface area contributed by atoms with Gasteiger partial charge in [-0.3, -0.25) is 0 Å². The number of aryl methyl sites for hydroxylation is 2. The highest BCUT2D eigenvalue weighted by atomic mass is 16.5. The third kappa shape index (κ3) is 3.00. The van der Waals surface area contributed by atoms with Crippen LogP contribution in [0.3, 0.4) is 0 Å². The number of nitrogens with zero attached hydrogens (tertiary/aromatic N) is 2. The summed E-state index contributed by atoms with van der Waals surface area (Å²) in [6.45, 7) is 3.96. The fraction of sp³-hybridized carbons (Fsp3) is 0.312. The zero-order chi connectivity index (χ0) is 15.5. The Morgan fingerprint density at radius 1 is 1.18 bits per heavy atom. The van der Waals surface area contributed by atoms with E-state index in [1.807, 2.05) is 12.1 Å². The maximum atomic E-state index is 11.6. The fourth-order valence-electron chi connectivity index (χ4n) is 2.32. The Kier molecular flexibility index (Phi) is 3.91. The minimum atomic E-state index is -0.347. The maximum Gasteiger partial charge on any atom is 0.336 e. The van der Waals surface area contributed by atoms with Crippen LogP contribution >= 0.6 is 0 Å². The lowest BCUT2D eigenvalue weighted by Gasteiger charge is -2.07. The Hall–Kier alpha value is -2.63. The summed E-state index contributed by atoms with van der Waals surface area (Å²) in [6, 6.07) is 7.00. The van der Waals surface area contributed by atoms with E-state index in [9.17, 15) is 4.79 Å². The second-order valence-electron chi connectivity index (χ2n) is 5.00. The van der Waals surface area contributed by atoms with Crippen molar-refractivity contribution in [3.8, 4) is 5.75 Å². The molecule has 1 aromatic carbocycles. The number of hydrogen-bond donors (Lipinski definition) is 0. The SMILES string of the molecule is CCCc1cc(=O)oc2cc(OCc3nnc(C)o3)ccc12. The third-order valence-electron chi connectivity index (χ3n) is 3.25. The lowest BCUT2D eigenvalue weighted by atomic mass is 10.1. The lowest BCUT2D eigenvalue weighted by molar-refractivity contribution is 0.260. The first-order valence-electron chi connectivity index (χ1n) is 7.14. The van der Waals surface area contributed by atoms with Gasteiger partial charge in [-0.2, -0.15) is 0 Å². The van der Waals surface area contributed by atoms with Gasteiger partial charge in [-0.25, -0.2) is 4.79 Å². The predicted octanol–water partition coefficient (Wildman–Crippen LogP) is 3.02. The van der Waals surface area contributed by atoms with Gasteiger partial charge in [-0.1, -0.05) is 13.3 Å². The highest BCUT2D eigenvalue weighted by molar-refractivity contribution is 5.81. The van der Waals surface area contributed by atoms with Crippen LogP contribution in [0, 0.1) is 6.92 Å². The molecule has 3 rings (SSSR count). The number of benzene rings is 1. The molecule has 0 atom stereocenters. The molecule has 22 heavy (non-hydrogen) atoms. The van der Waals surface area contributed by atoms with E-state index in [1.165, 1.54) is 0 Å². The number of rotatable bonds is 5. The van der Waals surface area contributed by atoms with E-state index in [4.69, 9.17) is 13.6 Å². The summed E-state index contributed by atoms with van der Waals surface area (Å²) >= 11 is 0. The monoisotopic (exact) mass is 300 g/mol. The van der Waals surface area contributed by atoms with E-state index < -0.39 is 0 Å². The van der Waals surface area contributed by atoms with Gasteiger partial charge in [-0.15, -0.1) is 10.2 Å². The second-order valence-corrected chi connectivity index (χ2v) is 5.00. The molecule has 0 saturated carbocycles. The zero-order valence-corrected chi connectivity index (χ0v) is 12.5. The van der Waals surface area contributed by atoms with E-state index >= 15 is 0 Å². The fourth-order valence-corrected chi connectivity index (χ4v) is 2.32. The molecule has 6 nitrogen and oxygen atoms in total. The molecule has 6 heteroatoms. The normalized spacial score (nSPS) is 11.0. The molecular formula is C16H16N2O4. The number of fused-ring (bicyclic) bond motifs is 1. The van der Waals surface area contributed by atoms with Gasteiger partial charge in [0.15, 0.2) is 6.61 Å². The molecule has 2 aromatic heterocycles. The van der Waals surface area contributed by atoms with E-state index in [1.54, 1.807) is 19.1 Å². The molecule has 114 valence electrons. The predicted molar refractivity (Wildman–Crippen MR) is 79.8 cm³/mol. The molecule has 0 fully saturated rings. The van der Waals surface area contributed by atoms with Crippen molar-refractivity contribution in [2.24, 2.45) is 0 Å². The van der Waals surface area contributed by atoms with Gasteiger partial charge in [0.25, 0.3) is 5.89 Å². The van der Waals surface area contributed by atoms with Crippen molar-refractivity contribution in [3.63, 3.8) is 0 Å². The second kappa shape index (κ2) is 6.01. The van der Waals surface area contributed by atoms with Crippen LogP contribution < -0.4 is 10.4 Å². The molecule has 0 saturated heterocycles. The Bertz CT molecular complexity index is 851. The quantitative estimate of drug-likeness (QED) is 0.674. The number of ether oxygens (including phenoxy) is 1. The molecular weight excluding hydrogens is 284 g/mol. The summed E-state index contributed by atoms with van der Waals surface area (Å²) in [5.41, 5.74) is 1.17.